The molecule has 0 spiro atoms. The van der Waals surface area contributed by atoms with E-state index >= 15 is 0 Å². The quantitative estimate of drug-likeness (QED) is 0.825. The van der Waals surface area contributed by atoms with Crippen LogP contribution >= 0.6 is 27.7 Å². The minimum absolute atomic E-state index is 0.00243. The number of carbonyl (C=O) groups is 1. The second-order valence-electron chi connectivity index (χ2n) is 3.35. The van der Waals surface area contributed by atoms with Gasteiger partial charge in [-0.1, -0.05) is 11.8 Å². The van der Waals surface area contributed by atoms with E-state index in [0.29, 0.717) is 4.47 Å². The number of thioether (sulfide) groups is 1. The van der Waals surface area contributed by atoms with Gasteiger partial charge in [-0.3, -0.25) is 4.79 Å². The molecule has 0 fully saturated rings. The Morgan fingerprint density at radius 1 is 1.65 bits per heavy atom. The van der Waals surface area contributed by atoms with Crippen LogP contribution in [0.1, 0.15) is 18.6 Å². The van der Waals surface area contributed by atoms with E-state index in [4.69, 9.17) is 0 Å². The summed E-state index contributed by atoms with van der Waals surface area (Å²) >= 11 is 3.96. The van der Waals surface area contributed by atoms with Crippen molar-refractivity contribution >= 4 is 32.8 Å². The van der Waals surface area contributed by atoms with Crippen LogP contribution in [0.25, 0.3) is 0 Å². The minimum atomic E-state index is -1.41. The van der Waals surface area contributed by atoms with E-state index in [9.17, 15) is 19.4 Å². The summed E-state index contributed by atoms with van der Waals surface area (Å²) in [5.74, 6) is -0.838. The summed E-state index contributed by atoms with van der Waals surface area (Å²) in [6.45, 7) is 1.35. The van der Waals surface area contributed by atoms with Gasteiger partial charge in [0, 0.05) is 28.9 Å². The van der Waals surface area contributed by atoms with Crippen LogP contribution in [0.4, 0.5) is 4.39 Å². The molecule has 1 aromatic rings. The number of nitrogens with zero attached hydrogens (tertiary/aromatic N) is 1. The lowest BCUT2D eigenvalue weighted by molar-refractivity contribution is -0.109. The van der Waals surface area contributed by atoms with Gasteiger partial charge in [0.2, 0.25) is 5.95 Å². The van der Waals surface area contributed by atoms with E-state index in [2.05, 4.69) is 20.9 Å². The van der Waals surface area contributed by atoms with Gasteiger partial charge in [0.05, 0.1) is 6.10 Å². The van der Waals surface area contributed by atoms with Crippen LogP contribution in [0.3, 0.4) is 0 Å². The van der Waals surface area contributed by atoms with Gasteiger partial charge in [-0.2, -0.15) is 4.39 Å². The maximum Gasteiger partial charge on any atom is 0.218 e. The predicted molar refractivity (Wildman–Crippen MR) is 66.0 cm³/mol. The number of pyridine rings is 1. The molecule has 7 heteroatoms. The lowest BCUT2D eigenvalue weighted by Gasteiger charge is -2.17. The van der Waals surface area contributed by atoms with Crippen molar-refractivity contribution in [3.8, 4) is 0 Å². The molecule has 0 bridgehead atoms. The summed E-state index contributed by atoms with van der Waals surface area (Å²) in [4.78, 5) is 14.1. The van der Waals surface area contributed by atoms with Gasteiger partial charge in [0.15, 0.2) is 5.12 Å². The van der Waals surface area contributed by atoms with Crippen molar-refractivity contribution in [1.29, 1.82) is 0 Å². The predicted octanol–water partition coefficient (Wildman–Crippen LogP) is 1.66. The monoisotopic (exact) mass is 323 g/mol. The number of aromatic nitrogens is 1. The Balaban J connectivity index is 2.77. The number of hydrogen-bond acceptors (Lipinski definition) is 5. The van der Waals surface area contributed by atoms with Crippen LogP contribution in [0.5, 0.6) is 0 Å². The van der Waals surface area contributed by atoms with Crippen LogP contribution < -0.4 is 0 Å². The van der Waals surface area contributed by atoms with E-state index < -0.39 is 18.2 Å². The molecule has 0 saturated heterocycles. The molecular weight excluding hydrogens is 313 g/mol. The molecule has 0 saturated carbocycles. The molecule has 2 atom stereocenters. The molecule has 94 valence electrons. The third-order valence-electron chi connectivity index (χ3n) is 1.97. The Kier molecular flexibility index (Phi) is 5.51. The van der Waals surface area contributed by atoms with Gasteiger partial charge in [0.1, 0.15) is 6.10 Å². The largest absolute Gasteiger partial charge is 0.389 e. The molecule has 17 heavy (non-hydrogen) atoms. The highest BCUT2D eigenvalue weighted by Crippen LogP contribution is 2.24. The molecule has 0 aliphatic rings. The fraction of sp³-hybridized carbons (Fsp3) is 0.400. The van der Waals surface area contributed by atoms with Crippen molar-refractivity contribution in [3.63, 3.8) is 0 Å². The Morgan fingerprint density at radius 2 is 2.29 bits per heavy atom. The fourth-order valence-corrected chi connectivity index (χ4v) is 2.08. The van der Waals surface area contributed by atoms with E-state index in [-0.39, 0.29) is 16.4 Å². The Labute approximate surface area is 110 Å². The molecule has 2 unspecified atom stereocenters. The first kappa shape index (κ1) is 14.6. The maximum absolute atomic E-state index is 13.3. The molecular formula is C10H11BrFNO3S. The number of aliphatic hydroxyl groups excluding tert-OH is 2. The zero-order chi connectivity index (χ0) is 13.0. The summed E-state index contributed by atoms with van der Waals surface area (Å²) in [6.07, 6.45) is -1.39. The zero-order valence-corrected chi connectivity index (χ0v) is 11.3. The van der Waals surface area contributed by atoms with Crippen LogP contribution in [0.15, 0.2) is 16.7 Å². The van der Waals surface area contributed by atoms with Crippen molar-refractivity contribution in [2.45, 2.75) is 19.1 Å². The van der Waals surface area contributed by atoms with Gasteiger partial charge in [-0.05, 0) is 22.0 Å². The Hall–Kier alpha value is -0.500. The highest BCUT2D eigenvalue weighted by Gasteiger charge is 2.23. The number of aliphatic hydroxyl groups is 2. The molecule has 0 amide bonds. The van der Waals surface area contributed by atoms with E-state index in [0.717, 1.165) is 11.8 Å². The molecule has 1 aromatic heterocycles. The summed E-state index contributed by atoms with van der Waals surface area (Å²) in [5.41, 5.74) is -0.101. The first-order chi connectivity index (χ1) is 7.91. The topological polar surface area (TPSA) is 70.4 Å². The number of hydrogen-bond donors (Lipinski definition) is 2. The molecule has 4 nitrogen and oxygen atoms in total. The lowest BCUT2D eigenvalue weighted by Crippen LogP contribution is -2.22. The summed E-state index contributed by atoms with van der Waals surface area (Å²) < 4.78 is 13.8. The maximum atomic E-state index is 13.3. The third kappa shape index (κ3) is 4.34. The molecule has 1 rings (SSSR count). The minimum Gasteiger partial charge on any atom is -0.389 e. The second kappa shape index (κ2) is 6.44. The SMILES string of the molecule is CC(=O)SCC(O)C(O)c1cc(Br)cnc1F. The van der Waals surface area contributed by atoms with Crippen molar-refractivity contribution < 1.29 is 19.4 Å². The fourth-order valence-electron chi connectivity index (χ4n) is 1.15. The van der Waals surface area contributed by atoms with Crippen LogP contribution in [0.2, 0.25) is 0 Å². The second-order valence-corrected chi connectivity index (χ2v) is 5.46. The molecule has 0 aliphatic heterocycles. The average Bonchev–Trinajstić information content (AvgIpc) is 2.28. The molecule has 2 N–H and O–H groups in total. The summed E-state index contributed by atoms with van der Waals surface area (Å²) in [5, 5.41) is 19.2. The molecule has 0 radical (unpaired) electrons. The van der Waals surface area contributed by atoms with Crippen LogP contribution in [0, 0.1) is 5.95 Å². The number of carbonyl (C=O) groups excluding carboxylic acids is 1. The van der Waals surface area contributed by atoms with Gasteiger partial charge >= 0.3 is 0 Å². The Bertz CT molecular complexity index is 419. The van der Waals surface area contributed by atoms with Crippen molar-refractivity contribution in [2.24, 2.45) is 0 Å². The smallest absolute Gasteiger partial charge is 0.218 e. The zero-order valence-electron chi connectivity index (χ0n) is 8.93. The first-order valence-corrected chi connectivity index (χ1v) is 6.50. The number of rotatable bonds is 4. The van der Waals surface area contributed by atoms with Crippen LogP contribution in [-0.2, 0) is 4.79 Å². The van der Waals surface area contributed by atoms with Crippen molar-refractivity contribution in [2.75, 3.05) is 5.75 Å². The first-order valence-electron chi connectivity index (χ1n) is 4.72. The van der Waals surface area contributed by atoms with E-state index in [1.807, 2.05) is 0 Å². The highest BCUT2D eigenvalue weighted by atomic mass is 79.9. The highest BCUT2D eigenvalue weighted by molar-refractivity contribution is 9.10. The van der Waals surface area contributed by atoms with Gasteiger partial charge in [-0.15, -0.1) is 0 Å². The van der Waals surface area contributed by atoms with Crippen LogP contribution in [-0.4, -0.2) is 32.2 Å². The number of halogens is 2. The Morgan fingerprint density at radius 3 is 2.88 bits per heavy atom. The van der Waals surface area contributed by atoms with Gasteiger partial charge < -0.3 is 10.2 Å². The summed E-state index contributed by atoms with van der Waals surface area (Å²) in [6, 6.07) is 1.34. The molecule has 0 aromatic carbocycles. The standard InChI is InChI=1S/C10H11BrFNO3S/c1-5(14)17-4-8(15)9(16)7-2-6(11)3-13-10(7)12/h2-3,8-9,15-16H,4H2,1H3. The summed E-state index contributed by atoms with van der Waals surface area (Å²) in [7, 11) is 0. The van der Waals surface area contributed by atoms with Crippen molar-refractivity contribution in [1.82, 2.24) is 4.98 Å². The normalized spacial score (nSPS) is 14.4. The average molecular weight is 324 g/mol. The van der Waals surface area contributed by atoms with Gasteiger partial charge in [0.25, 0.3) is 0 Å². The van der Waals surface area contributed by atoms with E-state index in [1.165, 1.54) is 19.2 Å². The lowest BCUT2D eigenvalue weighted by atomic mass is 10.1. The van der Waals surface area contributed by atoms with Gasteiger partial charge in [-0.25, -0.2) is 4.98 Å². The third-order valence-corrected chi connectivity index (χ3v) is 3.32. The molecule has 1 heterocycles. The van der Waals surface area contributed by atoms with E-state index in [1.54, 1.807) is 0 Å². The molecule has 0 aliphatic carbocycles. The van der Waals surface area contributed by atoms with Crippen molar-refractivity contribution in [3.05, 3.63) is 28.2 Å².